The van der Waals surface area contributed by atoms with Gasteiger partial charge in [0.25, 0.3) is 0 Å². The zero-order valence-corrected chi connectivity index (χ0v) is 18.0. The third kappa shape index (κ3) is 5.86. The maximum Gasteiger partial charge on any atom is 0.349 e. The van der Waals surface area contributed by atoms with Crippen LogP contribution >= 0.6 is 11.6 Å². The molecule has 0 spiro atoms. The van der Waals surface area contributed by atoms with Crippen LogP contribution in [0.5, 0.6) is 11.5 Å². The molecule has 0 heterocycles. The van der Waals surface area contributed by atoms with Gasteiger partial charge in [0.15, 0.2) is 0 Å². The second kappa shape index (κ2) is 10.1. The van der Waals surface area contributed by atoms with Crippen LogP contribution in [-0.2, 0) is 14.3 Å². The smallest absolute Gasteiger partial charge is 0.349 e. The van der Waals surface area contributed by atoms with E-state index in [1.165, 1.54) is 0 Å². The minimum Gasteiger partial charge on any atom is -0.478 e. The van der Waals surface area contributed by atoms with Gasteiger partial charge < -0.3 is 14.6 Å². The lowest BCUT2D eigenvalue weighted by Gasteiger charge is -2.23. The van der Waals surface area contributed by atoms with E-state index in [-0.39, 0.29) is 5.92 Å². The fourth-order valence-electron chi connectivity index (χ4n) is 3.28. The number of ether oxygens (including phenoxy) is 2. The van der Waals surface area contributed by atoms with Gasteiger partial charge in [0, 0.05) is 10.6 Å². The number of aliphatic carboxylic acids is 1. The highest BCUT2D eigenvalue weighted by Gasteiger charge is 2.32. The van der Waals surface area contributed by atoms with E-state index < -0.39 is 24.0 Å². The van der Waals surface area contributed by atoms with Gasteiger partial charge in [0.05, 0.1) is 5.92 Å². The SMILES string of the molecule is CC(C)C(C(=O)OC(C(=O)O)c1cccc(Oc2ccccc2)c1)c1ccc(Cl)cc1. The maximum atomic E-state index is 13.0. The number of carboxylic acids is 1. The van der Waals surface area contributed by atoms with Crippen LogP contribution in [0.4, 0.5) is 0 Å². The molecule has 0 fully saturated rings. The van der Waals surface area contributed by atoms with Gasteiger partial charge in [-0.25, -0.2) is 4.79 Å². The molecule has 3 aromatic rings. The molecule has 0 aliphatic carbocycles. The van der Waals surface area contributed by atoms with E-state index in [9.17, 15) is 14.7 Å². The molecule has 2 atom stereocenters. The summed E-state index contributed by atoms with van der Waals surface area (Å²) in [4.78, 5) is 24.9. The zero-order valence-electron chi connectivity index (χ0n) is 17.2. The number of halogens is 1. The summed E-state index contributed by atoms with van der Waals surface area (Å²) in [5.41, 5.74) is 1.03. The van der Waals surface area contributed by atoms with Gasteiger partial charge in [0.1, 0.15) is 11.5 Å². The van der Waals surface area contributed by atoms with Crippen LogP contribution in [0.1, 0.15) is 37.0 Å². The topological polar surface area (TPSA) is 72.8 Å². The Hall–Kier alpha value is -3.31. The first-order chi connectivity index (χ1) is 14.8. The molecular formula is C25H23ClO5. The molecule has 0 aliphatic heterocycles. The summed E-state index contributed by atoms with van der Waals surface area (Å²) in [6.45, 7) is 3.76. The summed E-state index contributed by atoms with van der Waals surface area (Å²) in [7, 11) is 0. The normalized spacial score (nSPS) is 12.8. The molecule has 6 heteroatoms. The van der Waals surface area contributed by atoms with E-state index in [0.29, 0.717) is 22.1 Å². The Kier molecular flexibility index (Phi) is 7.32. The molecule has 0 saturated heterocycles. The number of hydrogen-bond donors (Lipinski definition) is 1. The Labute approximate surface area is 186 Å². The third-order valence-corrected chi connectivity index (χ3v) is 5.00. The highest BCUT2D eigenvalue weighted by atomic mass is 35.5. The van der Waals surface area contributed by atoms with Gasteiger partial charge >= 0.3 is 11.9 Å². The van der Waals surface area contributed by atoms with Gasteiger partial charge in [-0.2, -0.15) is 0 Å². The molecule has 3 aromatic carbocycles. The van der Waals surface area contributed by atoms with Crippen molar-refractivity contribution in [3.8, 4) is 11.5 Å². The third-order valence-electron chi connectivity index (χ3n) is 4.75. The lowest BCUT2D eigenvalue weighted by atomic mass is 9.88. The first-order valence-electron chi connectivity index (χ1n) is 9.87. The van der Waals surface area contributed by atoms with E-state index in [1.807, 2.05) is 32.0 Å². The van der Waals surface area contributed by atoms with E-state index in [2.05, 4.69) is 0 Å². The molecule has 0 radical (unpaired) electrons. The largest absolute Gasteiger partial charge is 0.478 e. The van der Waals surface area contributed by atoms with Crippen molar-refractivity contribution >= 4 is 23.5 Å². The number of carbonyl (C=O) groups excluding carboxylic acids is 1. The maximum absolute atomic E-state index is 13.0. The molecule has 0 bridgehead atoms. The first-order valence-corrected chi connectivity index (χ1v) is 10.2. The average molecular weight is 439 g/mol. The minimum atomic E-state index is -1.46. The van der Waals surface area contributed by atoms with Crippen molar-refractivity contribution in [2.45, 2.75) is 25.9 Å². The van der Waals surface area contributed by atoms with E-state index in [1.54, 1.807) is 60.7 Å². The fourth-order valence-corrected chi connectivity index (χ4v) is 3.41. The Morgan fingerprint density at radius 2 is 1.48 bits per heavy atom. The van der Waals surface area contributed by atoms with Crippen LogP contribution in [0, 0.1) is 5.92 Å². The van der Waals surface area contributed by atoms with Crippen LogP contribution in [0.15, 0.2) is 78.9 Å². The van der Waals surface area contributed by atoms with Crippen LogP contribution < -0.4 is 4.74 Å². The molecule has 31 heavy (non-hydrogen) atoms. The van der Waals surface area contributed by atoms with Gasteiger partial charge in [-0.1, -0.05) is 67.9 Å². The summed E-state index contributed by atoms with van der Waals surface area (Å²) in [5, 5.41) is 10.3. The van der Waals surface area contributed by atoms with Crippen LogP contribution in [0.3, 0.4) is 0 Å². The molecular weight excluding hydrogens is 416 g/mol. The molecule has 0 aliphatic rings. The summed E-state index contributed by atoms with van der Waals surface area (Å²) in [5.74, 6) is -1.53. The molecule has 0 saturated carbocycles. The minimum absolute atomic E-state index is 0.101. The van der Waals surface area contributed by atoms with Crippen LogP contribution in [0.2, 0.25) is 5.02 Å². The monoisotopic (exact) mass is 438 g/mol. The van der Waals surface area contributed by atoms with Crippen molar-refractivity contribution in [1.82, 2.24) is 0 Å². The van der Waals surface area contributed by atoms with Gasteiger partial charge in [-0.15, -0.1) is 0 Å². The summed E-state index contributed by atoms with van der Waals surface area (Å²) in [6.07, 6.45) is -1.46. The van der Waals surface area contributed by atoms with Crippen LogP contribution in [-0.4, -0.2) is 17.0 Å². The van der Waals surface area contributed by atoms with Gasteiger partial charge in [0.2, 0.25) is 6.10 Å². The molecule has 160 valence electrons. The van der Waals surface area contributed by atoms with Crippen molar-refractivity contribution in [3.05, 3.63) is 95.0 Å². The summed E-state index contributed by atoms with van der Waals surface area (Å²) >= 11 is 5.95. The Morgan fingerprint density at radius 1 is 0.839 bits per heavy atom. The number of rotatable bonds is 8. The zero-order chi connectivity index (χ0) is 22.4. The summed E-state index contributed by atoms with van der Waals surface area (Å²) < 4.78 is 11.3. The number of hydrogen-bond acceptors (Lipinski definition) is 4. The van der Waals surface area contributed by atoms with Crippen molar-refractivity contribution in [2.24, 2.45) is 5.92 Å². The Balaban J connectivity index is 1.83. The predicted octanol–water partition coefficient (Wildman–Crippen LogP) is 6.24. The number of carbonyl (C=O) groups is 2. The molecule has 0 amide bonds. The second-order valence-electron chi connectivity index (χ2n) is 7.42. The van der Waals surface area contributed by atoms with Crippen molar-refractivity contribution in [2.75, 3.05) is 0 Å². The quantitative estimate of drug-likeness (QED) is 0.421. The van der Waals surface area contributed by atoms with Crippen LogP contribution in [0.25, 0.3) is 0 Å². The van der Waals surface area contributed by atoms with Crippen molar-refractivity contribution in [3.63, 3.8) is 0 Å². The second-order valence-corrected chi connectivity index (χ2v) is 7.85. The Morgan fingerprint density at radius 3 is 2.10 bits per heavy atom. The predicted molar refractivity (Wildman–Crippen MR) is 118 cm³/mol. The van der Waals surface area contributed by atoms with Crippen molar-refractivity contribution < 1.29 is 24.2 Å². The molecule has 2 unspecified atom stereocenters. The first kappa shape index (κ1) is 22.4. The molecule has 3 rings (SSSR count). The number of para-hydroxylation sites is 1. The highest BCUT2D eigenvalue weighted by molar-refractivity contribution is 6.30. The molecule has 1 N–H and O–H groups in total. The van der Waals surface area contributed by atoms with E-state index in [4.69, 9.17) is 21.1 Å². The Bertz CT molecular complexity index is 1030. The molecule has 0 aromatic heterocycles. The number of carboxylic acid groups (broad SMARTS) is 1. The summed E-state index contributed by atoms with van der Waals surface area (Å²) in [6, 6.07) is 22.5. The lowest BCUT2D eigenvalue weighted by Crippen LogP contribution is -2.26. The lowest BCUT2D eigenvalue weighted by molar-refractivity contribution is -0.166. The average Bonchev–Trinajstić information content (AvgIpc) is 2.74. The molecule has 5 nitrogen and oxygen atoms in total. The number of esters is 1. The highest BCUT2D eigenvalue weighted by Crippen LogP contribution is 2.31. The van der Waals surface area contributed by atoms with Gasteiger partial charge in [-0.3, -0.25) is 4.79 Å². The standard InChI is InChI=1S/C25H23ClO5/c1-16(2)22(17-11-13-19(26)14-12-17)25(29)31-23(24(27)28)18-7-6-10-21(15-18)30-20-8-4-3-5-9-20/h3-16,22-23H,1-2H3,(H,27,28). The van der Waals surface area contributed by atoms with Gasteiger partial charge in [-0.05, 0) is 47.9 Å². The fraction of sp³-hybridized carbons (Fsp3) is 0.200. The van der Waals surface area contributed by atoms with E-state index in [0.717, 1.165) is 5.56 Å². The van der Waals surface area contributed by atoms with E-state index >= 15 is 0 Å². The van der Waals surface area contributed by atoms with Crippen molar-refractivity contribution in [1.29, 1.82) is 0 Å². The number of benzene rings is 3.